The molecular weight excluding hydrogens is 377 g/mol. The van der Waals surface area contributed by atoms with Crippen molar-refractivity contribution >= 4 is 15.7 Å². The van der Waals surface area contributed by atoms with Crippen molar-refractivity contribution in [2.24, 2.45) is 5.92 Å². The molecule has 1 aromatic rings. The number of hydrogen-bond acceptors (Lipinski definition) is 4. The lowest BCUT2D eigenvalue weighted by Gasteiger charge is -2.46. The summed E-state index contributed by atoms with van der Waals surface area (Å²) < 4.78 is 38.7. The minimum atomic E-state index is -3.14. The number of allylic oxidation sites excluding steroid dienone is 2. The maximum Gasteiger partial charge on any atom is 0.211 e. The first-order valence-corrected chi connectivity index (χ1v) is 11.7. The maximum atomic E-state index is 13.4. The monoisotopic (exact) mass is 407 g/mol. The highest BCUT2D eigenvalue weighted by Gasteiger charge is 2.34. The Bertz CT molecular complexity index is 813. The number of halogens is 1. The van der Waals surface area contributed by atoms with E-state index < -0.39 is 10.0 Å². The van der Waals surface area contributed by atoms with E-state index >= 15 is 0 Å². The van der Waals surface area contributed by atoms with Crippen LogP contribution in [0, 0.1) is 11.7 Å². The average Bonchev–Trinajstić information content (AvgIpc) is 2.66. The molecule has 0 aliphatic carbocycles. The van der Waals surface area contributed by atoms with Gasteiger partial charge in [0, 0.05) is 37.6 Å². The van der Waals surface area contributed by atoms with Crippen LogP contribution in [0.2, 0.25) is 0 Å². The molecule has 0 saturated carbocycles. The molecule has 0 N–H and O–H groups in total. The molecule has 0 aromatic heterocycles. The number of hydrogen-bond donors (Lipinski definition) is 0. The fraction of sp³-hybridized carbons (Fsp3) is 0.524. The van der Waals surface area contributed by atoms with E-state index in [4.69, 9.17) is 0 Å². The molecule has 0 radical (unpaired) electrons. The average molecular weight is 408 g/mol. The summed E-state index contributed by atoms with van der Waals surface area (Å²) in [4.78, 5) is 4.62. The summed E-state index contributed by atoms with van der Waals surface area (Å²) in [5.41, 5.74) is 0.939. The minimum Gasteiger partial charge on any atom is -0.328 e. The van der Waals surface area contributed by atoms with E-state index in [-0.39, 0.29) is 12.0 Å². The van der Waals surface area contributed by atoms with Gasteiger partial charge in [-0.25, -0.2) is 17.1 Å². The summed E-state index contributed by atoms with van der Waals surface area (Å²) in [5, 5.41) is 0. The van der Waals surface area contributed by atoms with E-state index in [0.717, 1.165) is 25.1 Å². The van der Waals surface area contributed by atoms with Crippen LogP contribution in [0.1, 0.15) is 26.7 Å². The third-order valence-electron chi connectivity index (χ3n) is 5.33. The molecule has 1 unspecified atom stereocenters. The second kappa shape index (κ2) is 8.76. The number of sulfonamides is 1. The van der Waals surface area contributed by atoms with Gasteiger partial charge >= 0.3 is 0 Å². The van der Waals surface area contributed by atoms with Crippen LogP contribution in [0.4, 0.5) is 10.1 Å². The minimum absolute atomic E-state index is 0.0210. The fourth-order valence-corrected chi connectivity index (χ4v) is 4.88. The zero-order valence-corrected chi connectivity index (χ0v) is 17.6. The molecule has 5 nitrogen and oxygen atoms in total. The highest BCUT2D eigenvalue weighted by molar-refractivity contribution is 7.88. The summed E-state index contributed by atoms with van der Waals surface area (Å²) in [5.74, 6) is 0.228. The summed E-state index contributed by atoms with van der Waals surface area (Å²) in [7, 11) is -3.14. The molecule has 7 heteroatoms. The van der Waals surface area contributed by atoms with Gasteiger partial charge in [-0.15, -0.1) is 0 Å². The van der Waals surface area contributed by atoms with Crippen LogP contribution in [0.3, 0.4) is 0 Å². The van der Waals surface area contributed by atoms with Gasteiger partial charge in [0.2, 0.25) is 10.0 Å². The van der Waals surface area contributed by atoms with Gasteiger partial charge in [0.15, 0.2) is 0 Å². The number of anilines is 1. The van der Waals surface area contributed by atoms with Crippen molar-refractivity contribution in [3.8, 4) is 0 Å². The third kappa shape index (κ3) is 5.01. The Morgan fingerprint density at radius 2 is 1.79 bits per heavy atom. The van der Waals surface area contributed by atoms with Gasteiger partial charge in [0.1, 0.15) is 12.0 Å². The van der Waals surface area contributed by atoms with Crippen LogP contribution in [-0.2, 0) is 10.0 Å². The molecule has 1 fully saturated rings. The van der Waals surface area contributed by atoms with Gasteiger partial charge < -0.3 is 4.90 Å². The van der Waals surface area contributed by atoms with Gasteiger partial charge in [-0.3, -0.25) is 4.90 Å². The highest BCUT2D eigenvalue weighted by atomic mass is 32.2. The van der Waals surface area contributed by atoms with Crippen molar-refractivity contribution in [1.29, 1.82) is 0 Å². The zero-order valence-electron chi connectivity index (χ0n) is 16.8. The number of rotatable bonds is 6. The highest BCUT2D eigenvalue weighted by Crippen LogP contribution is 2.28. The molecular formula is C21H30FN3O2S. The molecule has 28 heavy (non-hydrogen) atoms. The van der Waals surface area contributed by atoms with Crippen LogP contribution in [0.5, 0.6) is 0 Å². The summed E-state index contributed by atoms with van der Waals surface area (Å²) in [6.45, 7) is 6.42. The Labute approximate surface area is 168 Å². The molecule has 0 amide bonds. The molecule has 2 heterocycles. The molecule has 2 aliphatic rings. The maximum absolute atomic E-state index is 13.4. The predicted molar refractivity (Wildman–Crippen MR) is 112 cm³/mol. The van der Waals surface area contributed by atoms with Crippen molar-refractivity contribution < 1.29 is 12.8 Å². The molecule has 1 saturated heterocycles. The van der Waals surface area contributed by atoms with Gasteiger partial charge in [0.05, 0.1) is 6.26 Å². The van der Waals surface area contributed by atoms with Crippen LogP contribution in [-0.4, -0.2) is 55.7 Å². The Kier molecular flexibility index (Phi) is 6.58. The van der Waals surface area contributed by atoms with Crippen LogP contribution < -0.4 is 4.90 Å². The lowest BCUT2D eigenvalue weighted by Crippen LogP contribution is -2.55. The van der Waals surface area contributed by atoms with E-state index in [1.54, 1.807) is 16.4 Å². The molecule has 0 spiro atoms. The Balaban J connectivity index is 1.82. The SMILES string of the molecule is CC(C)CN(C1CCN(S(C)(=O)=O)CC1)C1C=CC=CN1c1ccc(F)cc1. The van der Waals surface area contributed by atoms with Crippen LogP contribution in [0.15, 0.2) is 48.7 Å². The van der Waals surface area contributed by atoms with E-state index in [1.165, 1.54) is 18.4 Å². The summed E-state index contributed by atoms with van der Waals surface area (Å²) in [6.07, 6.45) is 11.1. The van der Waals surface area contributed by atoms with E-state index in [9.17, 15) is 12.8 Å². The van der Waals surface area contributed by atoms with Crippen molar-refractivity contribution in [2.45, 2.75) is 38.9 Å². The largest absolute Gasteiger partial charge is 0.328 e. The first kappa shape index (κ1) is 21.0. The number of benzene rings is 1. The van der Waals surface area contributed by atoms with Crippen molar-refractivity contribution in [1.82, 2.24) is 9.21 Å². The van der Waals surface area contributed by atoms with Crippen molar-refractivity contribution in [3.05, 3.63) is 54.5 Å². The zero-order chi connectivity index (χ0) is 20.3. The summed E-state index contributed by atoms with van der Waals surface area (Å²) >= 11 is 0. The van der Waals surface area contributed by atoms with Crippen LogP contribution >= 0.6 is 0 Å². The summed E-state index contributed by atoms with van der Waals surface area (Å²) in [6, 6.07) is 6.85. The lowest BCUT2D eigenvalue weighted by atomic mass is 10.0. The van der Waals surface area contributed by atoms with E-state index in [0.29, 0.717) is 25.0 Å². The molecule has 0 bridgehead atoms. The molecule has 3 rings (SSSR count). The first-order valence-electron chi connectivity index (χ1n) is 9.85. The van der Waals surface area contributed by atoms with Crippen LogP contribution in [0.25, 0.3) is 0 Å². The second-order valence-electron chi connectivity index (χ2n) is 8.01. The second-order valence-corrected chi connectivity index (χ2v) is 9.99. The van der Waals surface area contributed by atoms with E-state index in [1.807, 2.05) is 18.4 Å². The van der Waals surface area contributed by atoms with Crippen molar-refractivity contribution in [3.63, 3.8) is 0 Å². The number of piperidine rings is 1. The Morgan fingerprint density at radius 1 is 1.14 bits per heavy atom. The topological polar surface area (TPSA) is 43.9 Å². The van der Waals surface area contributed by atoms with Gasteiger partial charge in [-0.1, -0.05) is 19.9 Å². The fourth-order valence-electron chi connectivity index (χ4n) is 4.01. The van der Waals surface area contributed by atoms with Gasteiger partial charge in [-0.05, 0) is 55.2 Å². The van der Waals surface area contributed by atoms with Crippen molar-refractivity contribution in [2.75, 3.05) is 30.8 Å². The molecule has 2 aliphatic heterocycles. The lowest BCUT2D eigenvalue weighted by molar-refractivity contribution is 0.101. The van der Waals surface area contributed by atoms with Gasteiger partial charge in [-0.2, -0.15) is 0 Å². The normalized spacial score (nSPS) is 21.8. The predicted octanol–water partition coefficient (Wildman–Crippen LogP) is 3.42. The Morgan fingerprint density at radius 3 is 2.36 bits per heavy atom. The first-order chi connectivity index (χ1) is 13.3. The third-order valence-corrected chi connectivity index (χ3v) is 6.63. The molecule has 154 valence electrons. The Hall–Kier alpha value is -1.70. The quantitative estimate of drug-likeness (QED) is 0.725. The van der Waals surface area contributed by atoms with Gasteiger partial charge in [0.25, 0.3) is 0 Å². The molecule has 1 aromatic carbocycles. The number of nitrogens with zero attached hydrogens (tertiary/aromatic N) is 3. The standard InChI is InChI=1S/C21H30FN3O2S/c1-17(2)16-25(20-11-14-23(15-12-20)28(3,26)27)21-6-4-5-13-24(21)19-9-7-18(22)8-10-19/h4-10,13,17,20-21H,11-12,14-16H2,1-3H3. The smallest absolute Gasteiger partial charge is 0.211 e. The molecule has 1 atom stereocenters. The van der Waals surface area contributed by atoms with E-state index in [2.05, 4.69) is 29.7 Å².